The highest BCUT2D eigenvalue weighted by molar-refractivity contribution is 6.04. The van der Waals surface area contributed by atoms with E-state index >= 15 is 0 Å². The van der Waals surface area contributed by atoms with E-state index in [1.165, 1.54) is 6.33 Å². The number of nitrogen functional groups attached to an aromatic ring is 1. The molecule has 0 bridgehead atoms. The zero-order chi connectivity index (χ0) is 27.1. The number of nitrogens with zero attached hydrogens (tertiary/aromatic N) is 5. The smallest absolute Gasteiger partial charge is 0.410 e. The van der Waals surface area contributed by atoms with Crippen molar-refractivity contribution in [1.82, 2.24) is 24.4 Å². The molecule has 37 heavy (non-hydrogen) atoms. The highest BCUT2D eigenvalue weighted by atomic mass is 16.6. The molecule has 1 aliphatic rings. The minimum Gasteiger partial charge on any atom is -0.444 e. The second kappa shape index (κ2) is 10.0. The first-order valence-corrected chi connectivity index (χ1v) is 12.9. The molecule has 2 amide bonds. The lowest BCUT2D eigenvalue weighted by Crippen LogP contribution is -2.42. The normalized spacial score (nSPS) is 16.1. The average molecular weight is 507 g/mol. The molecule has 9 heteroatoms. The zero-order valence-electron chi connectivity index (χ0n) is 22.9. The molecule has 0 saturated carbocycles. The van der Waals surface area contributed by atoms with Gasteiger partial charge in [-0.05, 0) is 72.6 Å². The predicted octanol–water partition coefficient (Wildman–Crippen LogP) is 4.96. The first-order chi connectivity index (χ1) is 17.4. The molecule has 0 aliphatic carbocycles. The average Bonchev–Trinajstić information content (AvgIpc) is 3.43. The summed E-state index contributed by atoms with van der Waals surface area (Å²) in [5, 5.41) is 4.52. The number of nitrogens with two attached hydrogens (primary N) is 1. The monoisotopic (exact) mass is 506 g/mol. The maximum atomic E-state index is 13.7. The Kier molecular flexibility index (Phi) is 7.17. The van der Waals surface area contributed by atoms with E-state index in [4.69, 9.17) is 10.5 Å². The Balaban J connectivity index is 1.78. The Bertz CT molecular complexity index is 1300. The summed E-state index contributed by atoms with van der Waals surface area (Å²) in [6.07, 6.45) is 1.89. The van der Waals surface area contributed by atoms with E-state index in [-0.39, 0.29) is 30.0 Å². The minimum atomic E-state index is -0.554. The van der Waals surface area contributed by atoms with Crippen LogP contribution in [0.1, 0.15) is 76.9 Å². The fraction of sp³-hybridized carbons (Fsp3) is 0.500. The Morgan fingerprint density at radius 1 is 1.11 bits per heavy atom. The standard InChI is InChI=1S/C28H38N6O3/c1-17(2)33(18(3)4)26(35)21-11-9-8-10-20(21)22-14-23(34-24(22)25(29)30-16-31-34)19-12-13-32(15-19)27(36)37-28(5,6)7/h8-11,14,16-19H,12-13,15H2,1-7H3,(H2,29,30,31). The van der Waals surface area contributed by atoms with Crippen LogP contribution in [0.5, 0.6) is 0 Å². The number of ether oxygens (including phenoxy) is 1. The number of aromatic nitrogens is 3. The number of anilines is 1. The fourth-order valence-electron chi connectivity index (χ4n) is 5.19. The molecule has 3 aromatic rings. The number of likely N-dealkylation sites (tertiary alicyclic amines) is 1. The zero-order valence-corrected chi connectivity index (χ0v) is 22.9. The molecule has 0 radical (unpaired) electrons. The van der Waals surface area contributed by atoms with Gasteiger partial charge in [0.1, 0.15) is 17.4 Å². The van der Waals surface area contributed by atoms with Gasteiger partial charge in [-0.2, -0.15) is 5.10 Å². The topological polar surface area (TPSA) is 106 Å². The highest BCUT2D eigenvalue weighted by Gasteiger charge is 2.34. The van der Waals surface area contributed by atoms with Gasteiger partial charge in [-0.1, -0.05) is 18.2 Å². The quantitative estimate of drug-likeness (QED) is 0.524. The van der Waals surface area contributed by atoms with Crippen molar-refractivity contribution in [2.24, 2.45) is 0 Å². The molecule has 2 aromatic heterocycles. The van der Waals surface area contributed by atoms with Gasteiger partial charge in [0.2, 0.25) is 0 Å². The molecular formula is C28H38N6O3. The van der Waals surface area contributed by atoms with Gasteiger partial charge in [-0.3, -0.25) is 4.79 Å². The summed E-state index contributed by atoms with van der Waals surface area (Å²) in [7, 11) is 0. The molecule has 1 aliphatic heterocycles. The first-order valence-electron chi connectivity index (χ1n) is 12.9. The van der Waals surface area contributed by atoms with Gasteiger partial charge in [0.05, 0.1) is 0 Å². The molecule has 9 nitrogen and oxygen atoms in total. The van der Waals surface area contributed by atoms with Crippen molar-refractivity contribution in [3.05, 3.63) is 47.9 Å². The van der Waals surface area contributed by atoms with E-state index in [9.17, 15) is 9.59 Å². The molecule has 0 spiro atoms. The van der Waals surface area contributed by atoms with Crippen LogP contribution in [-0.2, 0) is 4.74 Å². The lowest BCUT2D eigenvalue weighted by molar-refractivity contribution is 0.0292. The third kappa shape index (κ3) is 5.26. The van der Waals surface area contributed by atoms with E-state index in [2.05, 4.69) is 10.1 Å². The maximum absolute atomic E-state index is 13.7. The third-order valence-corrected chi connectivity index (χ3v) is 6.66. The van der Waals surface area contributed by atoms with E-state index in [1.54, 1.807) is 4.90 Å². The predicted molar refractivity (Wildman–Crippen MR) is 144 cm³/mol. The van der Waals surface area contributed by atoms with Gasteiger partial charge in [0.15, 0.2) is 5.82 Å². The van der Waals surface area contributed by atoms with Crippen LogP contribution in [0, 0.1) is 0 Å². The van der Waals surface area contributed by atoms with Crippen molar-refractivity contribution in [1.29, 1.82) is 0 Å². The molecule has 198 valence electrons. The van der Waals surface area contributed by atoms with Crippen molar-refractivity contribution in [3.8, 4) is 11.1 Å². The number of benzene rings is 1. The van der Waals surface area contributed by atoms with Gasteiger partial charge in [-0.15, -0.1) is 0 Å². The van der Waals surface area contributed by atoms with Gasteiger partial charge in [0, 0.05) is 47.9 Å². The number of hydrogen-bond donors (Lipinski definition) is 1. The van der Waals surface area contributed by atoms with Crippen LogP contribution < -0.4 is 5.73 Å². The van der Waals surface area contributed by atoms with Crippen LogP contribution >= 0.6 is 0 Å². The SMILES string of the molecule is CC(C)N(C(=O)c1ccccc1-c1cc(C2CCN(C(=O)OC(C)(C)C)C2)n2ncnc(N)c12)C(C)C. The molecule has 1 unspecified atom stereocenters. The lowest BCUT2D eigenvalue weighted by atomic mass is 9.97. The third-order valence-electron chi connectivity index (χ3n) is 6.66. The second-order valence-electron chi connectivity index (χ2n) is 11.2. The first kappa shape index (κ1) is 26.4. The highest BCUT2D eigenvalue weighted by Crippen LogP contribution is 2.38. The molecule has 2 N–H and O–H groups in total. The van der Waals surface area contributed by atoms with E-state index in [1.807, 2.05) is 88.2 Å². The Morgan fingerprint density at radius 3 is 2.43 bits per heavy atom. The van der Waals surface area contributed by atoms with Crippen LogP contribution in [0.2, 0.25) is 0 Å². The van der Waals surface area contributed by atoms with E-state index in [0.29, 0.717) is 30.0 Å². The van der Waals surface area contributed by atoms with Gasteiger partial charge >= 0.3 is 6.09 Å². The molecular weight excluding hydrogens is 468 g/mol. The Labute approximate surface area is 218 Å². The van der Waals surface area contributed by atoms with Crippen molar-refractivity contribution >= 4 is 23.3 Å². The van der Waals surface area contributed by atoms with Crippen molar-refractivity contribution < 1.29 is 14.3 Å². The van der Waals surface area contributed by atoms with E-state index < -0.39 is 5.60 Å². The Morgan fingerprint density at radius 2 is 1.78 bits per heavy atom. The summed E-state index contributed by atoms with van der Waals surface area (Å²) < 4.78 is 7.39. The Hall–Kier alpha value is -3.62. The summed E-state index contributed by atoms with van der Waals surface area (Å²) in [5.41, 5.74) is 9.61. The lowest BCUT2D eigenvalue weighted by Gasteiger charge is -2.31. The second-order valence-corrected chi connectivity index (χ2v) is 11.2. The summed E-state index contributed by atoms with van der Waals surface area (Å²) in [5.74, 6) is 0.340. The molecule has 3 heterocycles. The minimum absolute atomic E-state index is 0.0334. The van der Waals surface area contributed by atoms with Crippen LogP contribution in [0.4, 0.5) is 10.6 Å². The van der Waals surface area contributed by atoms with Crippen LogP contribution in [-0.4, -0.2) is 67.2 Å². The van der Waals surface area contributed by atoms with E-state index in [0.717, 1.165) is 23.2 Å². The number of fused-ring (bicyclic) bond motifs is 1. The summed E-state index contributed by atoms with van der Waals surface area (Å²) in [4.78, 5) is 34.3. The van der Waals surface area contributed by atoms with Crippen LogP contribution in [0.3, 0.4) is 0 Å². The largest absolute Gasteiger partial charge is 0.444 e. The van der Waals surface area contributed by atoms with Crippen molar-refractivity contribution in [2.45, 2.75) is 78.5 Å². The summed E-state index contributed by atoms with van der Waals surface area (Å²) >= 11 is 0. The molecule has 1 aromatic carbocycles. The molecule has 4 rings (SSSR count). The molecule has 1 atom stereocenters. The summed E-state index contributed by atoms with van der Waals surface area (Å²) in [6.45, 7) is 14.8. The number of carbonyl (C=O) groups excluding carboxylic acids is 2. The molecule has 1 fully saturated rings. The summed E-state index contributed by atoms with van der Waals surface area (Å²) in [6, 6.07) is 9.75. The fourth-order valence-corrected chi connectivity index (χ4v) is 5.19. The number of hydrogen-bond acceptors (Lipinski definition) is 6. The van der Waals surface area contributed by atoms with Crippen LogP contribution in [0.25, 0.3) is 16.6 Å². The number of rotatable bonds is 5. The van der Waals surface area contributed by atoms with Gasteiger partial charge < -0.3 is 20.3 Å². The molecule has 1 saturated heterocycles. The maximum Gasteiger partial charge on any atom is 0.410 e. The number of carbonyl (C=O) groups is 2. The van der Waals surface area contributed by atoms with Crippen molar-refractivity contribution in [2.75, 3.05) is 18.8 Å². The van der Waals surface area contributed by atoms with Crippen molar-refractivity contribution in [3.63, 3.8) is 0 Å². The van der Waals surface area contributed by atoms with Gasteiger partial charge in [0.25, 0.3) is 5.91 Å². The van der Waals surface area contributed by atoms with Gasteiger partial charge in [-0.25, -0.2) is 14.3 Å². The van der Waals surface area contributed by atoms with Crippen LogP contribution in [0.15, 0.2) is 36.7 Å². The number of amides is 2.